The molecule has 0 aliphatic heterocycles. The number of aromatic nitrogens is 3. The minimum absolute atomic E-state index is 0.284. The van der Waals surface area contributed by atoms with Crippen LogP contribution in [0.4, 0.5) is 15.9 Å². The molecule has 1 saturated carbocycles. The van der Waals surface area contributed by atoms with Crippen molar-refractivity contribution in [3.8, 4) is 17.0 Å². The molecule has 4 aromatic rings. The number of benzene rings is 2. The highest BCUT2D eigenvalue weighted by molar-refractivity contribution is 5.94. The Morgan fingerprint density at radius 1 is 1.03 bits per heavy atom. The summed E-state index contributed by atoms with van der Waals surface area (Å²) in [5.41, 5.74) is 3.79. The second-order valence-corrected chi connectivity index (χ2v) is 7.66. The van der Waals surface area contributed by atoms with Gasteiger partial charge in [0.05, 0.1) is 18.2 Å². The molecule has 0 saturated heterocycles. The first-order valence-electron chi connectivity index (χ1n) is 10.3. The molecule has 1 fully saturated rings. The molecule has 2 aromatic carbocycles. The van der Waals surface area contributed by atoms with E-state index in [1.54, 1.807) is 19.5 Å². The first kappa shape index (κ1) is 18.6. The lowest BCUT2D eigenvalue weighted by molar-refractivity contribution is 0.415. The molecule has 0 radical (unpaired) electrons. The van der Waals surface area contributed by atoms with Crippen molar-refractivity contribution in [1.29, 1.82) is 0 Å². The average Bonchev–Trinajstić information content (AvgIpc) is 3.42. The number of ether oxygens (including phenoxy) is 1. The van der Waals surface area contributed by atoms with Gasteiger partial charge in [0.25, 0.3) is 0 Å². The lowest BCUT2D eigenvalue weighted by atomic mass is 10.1. The molecule has 0 atom stereocenters. The van der Waals surface area contributed by atoms with Crippen molar-refractivity contribution in [2.24, 2.45) is 0 Å². The van der Waals surface area contributed by atoms with E-state index in [0.717, 1.165) is 40.9 Å². The van der Waals surface area contributed by atoms with Gasteiger partial charge in [-0.2, -0.15) is 0 Å². The van der Waals surface area contributed by atoms with Gasteiger partial charge in [0.2, 0.25) is 0 Å². The summed E-state index contributed by atoms with van der Waals surface area (Å²) in [5, 5.41) is 4.19. The summed E-state index contributed by atoms with van der Waals surface area (Å²) in [6.45, 7) is 0. The van der Waals surface area contributed by atoms with Crippen LogP contribution in [0.2, 0.25) is 0 Å². The van der Waals surface area contributed by atoms with E-state index in [2.05, 4.69) is 38.1 Å². The van der Waals surface area contributed by atoms with Crippen molar-refractivity contribution in [3.63, 3.8) is 0 Å². The third-order valence-corrected chi connectivity index (χ3v) is 5.79. The molecule has 0 spiro atoms. The smallest absolute Gasteiger partial charge is 0.146 e. The minimum atomic E-state index is -0.284. The predicted octanol–water partition coefficient (Wildman–Crippen LogP) is 6.10. The van der Waals surface area contributed by atoms with Gasteiger partial charge in [-0.05, 0) is 66.9 Å². The Balaban J connectivity index is 1.65. The number of rotatable bonds is 5. The number of fused-ring (bicyclic) bond motifs is 1. The van der Waals surface area contributed by atoms with Crippen molar-refractivity contribution in [1.82, 2.24) is 14.5 Å². The number of hydrogen-bond donors (Lipinski definition) is 1. The Kier molecular flexibility index (Phi) is 4.83. The van der Waals surface area contributed by atoms with Crippen LogP contribution in [0.1, 0.15) is 31.7 Å². The summed E-state index contributed by atoms with van der Waals surface area (Å²) in [7, 11) is 1.67. The van der Waals surface area contributed by atoms with Gasteiger partial charge in [0.1, 0.15) is 29.4 Å². The highest BCUT2D eigenvalue weighted by Gasteiger charge is 2.24. The summed E-state index contributed by atoms with van der Waals surface area (Å²) in [6.07, 6.45) is 6.32. The number of halogens is 1. The van der Waals surface area contributed by atoms with Gasteiger partial charge in [-0.1, -0.05) is 18.9 Å². The van der Waals surface area contributed by atoms with Gasteiger partial charge in [0, 0.05) is 11.7 Å². The number of nitrogens with zero attached hydrogens (tertiary/aromatic N) is 3. The van der Waals surface area contributed by atoms with Crippen molar-refractivity contribution >= 4 is 22.5 Å². The maximum absolute atomic E-state index is 13.7. The molecular weight excluding hydrogens is 379 g/mol. The van der Waals surface area contributed by atoms with Crippen molar-refractivity contribution < 1.29 is 9.13 Å². The van der Waals surface area contributed by atoms with Gasteiger partial charge in [-0.3, -0.25) is 0 Å². The third kappa shape index (κ3) is 3.38. The highest BCUT2D eigenvalue weighted by Crippen LogP contribution is 2.39. The quantitative estimate of drug-likeness (QED) is 0.438. The van der Waals surface area contributed by atoms with E-state index in [1.165, 1.54) is 25.0 Å². The molecule has 0 unspecified atom stereocenters. The van der Waals surface area contributed by atoms with Gasteiger partial charge in [0.15, 0.2) is 0 Å². The molecule has 1 aliphatic rings. The summed E-state index contributed by atoms with van der Waals surface area (Å²) in [6, 6.07) is 17.1. The second kappa shape index (κ2) is 7.78. The monoisotopic (exact) mass is 402 g/mol. The maximum atomic E-state index is 13.7. The molecule has 2 heterocycles. The van der Waals surface area contributed by atoms with E-state index in [4.69, 9.17) is 4.74 Å². The van der Waals surface area contributed by atoms with E-state index in [1.807, 2.05) is 18.2 Å². The molecule has 1 aliphatic carbocycles. The Labute approximate surface area is 174 Å². The zero-order valence-corrected chi connectivity index (χ0v) is 16.8. The molecule has 2 aromatic heterocycles. The van der Waals surface area contributed by atoms with E-state index < -0.39 is 0 Å². The molecule has 30 heavy (non-hydrogen) atoms. The average molecular weight is 402 g/mol. The van der Waals surface area contributed by atoms with E-state index in [0.29, 0.717) is 17.5 Å². The maximum Gasteiger partial charge on any atom is 0.146 e. The van der Waals surface area contributed by atoms with Crippen molar-refractivity contribution in [2.45, 2.75) is 31.7 Å². The summed E-state index contributed by atoms with van der Waals surface area (Å²) in [5.74, 6) is 1.22. The first-order chi connectivity index (χ1) is 14.7. The van der Waals surface area contributed by atoms with Crippen LogP contribution in [-0.4, -0.2) is 21.6 Å². The standard InChI is InChI=1S/C24H23FN4O/c1-30-20-11-9-16(10-12-20)22-14-21-23(28-18-6-4-5-17(25)13-18)26-15-27-24(21)29(22)19-7-2-3-8-19/h4-6,9-15,19H,2-3,7-8H2,1H3,(H,26,27,28). The fraction of sp³-hybridized carbons (Fsp3) is 0.250. The Hall–Kier alpha value is -3.41. The molecule has 6 heteroatoms. The van der Waals surface area contributed by atoms with Crippen LogP contribution in [0.25, 0.3) is 22.3 Å². The zero-order chi connectivity index (χ0) is 20.5. The van der Waals surface area contributed by atoms with Crippen LogP contribution >= 0.6 is 0 Å². The first-order valence-corrected chi connectivity index (χ1v) is 10.3. The Morgan fingerprint density at radius 3 is 2.57 bits per heavy atom. The van der Waals surface area contributed by atoms with E-state index in [-0.39, 0.29) is 5.82 Å². The Bertz CT molecular complexity index is 1180. The SMILES string of the molecule is COc1ccc(-c2cc3c(Nc4cccc(F)c4)ncnc3n2C2CCCC2)cc1. The molecule has 152 valence electrons. The summed E-state index contributed by atoms with van der Waals surface area (Å²) in [4.78, 5) is 9.09. The molecule has 1 N–H and O–H groups in total. The minimum Gasteiger partial charge on any atom is -0.497 e. The van der Waals surface area contributed by atoms with Gasteiger partial charge in [-0.15, -0.1) is 0 Å². The largest absolute Gasteiger partial charge is 0.497 e. The van der Waals surface area contributed by atoms with E-state index in [9.17, 15) is 4.39 Å². The topological polar surface area (TPSA) is 52.0 Å². The highest BCUT2D eigenvalue weighted by atomic mass is 19.1. The molecular formula is C24H23FN4O. The summed E-state index contributed by atoms with van der Waals surface area (Å²) < 4.78 is 21.3. The predicted molar refractivity (Wildman–Crippen MR) is 117 cm³/mol. The van der Waals surface area contributed by atoms with Crippen LogP contribution in [0.15, 0.2) is 60.9 Å². The fourth-order valence-corrected chi connectivity index (χ4v) is 4.35. The van der Waals surface area contributed by atoms with Crippen LogP contribution in [0.5, 0.6) is 5.75 Å². The fourth-order valence-electron chi connectivity index (χ4n) is 4.35. The second-order valence-electron chi connectivity index (χ2n) is 7.66. The number of hydrogen-bond acceptors (Lipinski definition) is 4. The van der Waals surface area contributed by atoms with Gasteiger partial charge in [-0.25, -0.2) is 14.4 Å². The lowest BCUT2D eigenvalue weighted by Crippen LogP contribution is -2.07. The van der Waals surface area contributed by atoms with Crippen LogP contribution < -0.4 is 10.1 Å². The number of nitrogens with one attached hydrogen (secondary N) is 1. The molecule has 0 bridgehead atoms. The van der Waals surface area contributed by atoms with Crippen molar-refractivity contribution in [2.75, 3.05) is 12.4 Å². The molecule has 0 amide bonds. The zero-order valence-electron chi connectivity index (χ0n) is 16.8. The summed E-state index contributed by atoms with van der Waals surface area (Å²) >= 11 is 0. The Morgan fingerprint density at radius 2 is 1.83 bits per heavy atom. The molecule has 5 rings (SSSR count). The molecule has 5 nitrogen and oxygen atoms in total. The van der Waals surface area contributed by atoms with Crippen LogP contribution in [0.3, 0.4) is 0 Å². The van der Waals surface area contributed by atoms with Crippen LogP contribution in [-0.2, 0) is 0 Å². The number of methoxy groups -OCH3 is 1. The van der Waals surface area contributed by atoms with E-state index >= 15 is 0 Å². The van der Waals surface area contributed by atoms with Crippen molar-refractivity contribution in [3.05, 3.63) is 66.7 Å². The third-order valence-electron chi connectivity index (χ3n) is 5.79. The van der Waals surface area contributed by atoms with Gasteiger partial charge < -0.3 is 14.6 Å². The lowest BCUT2D eigenvalue weighted by Gasteiger charge is -2.17. The number of anilines is 2. The van der Waals surface area contributed by atoms with Crippen LogP contribution in [0, 0.1) is 5.82 Å². The normalized spacial score (nSPS) is 14.3. The van der Waals surface area contributed by atoms with Gasteiger partial charge >= 0.3 is 0 Å².